The maximum atomic E-state index is 12.9. The van der Waals surface area contributed by atoms with Gasteiger partial charge < -0.3 is 14.7 Å². The second-order valence-electron chi connectivity index (χ2n) is 6.38. The second-order valence-corrected chi connectivity index (χ2v) is 6.38. The fourth-order valence-corrected chi connectivity index (χ4v) is 2.97. The van der Waals surface area contributed by atoms with Crippen molar-refractivity contribution < 1.29 is 19.0 Å². The summed E-state index contributed by atoms with van der Waals surface area (Å²) in [5.74, 6) is 0.259. The van der Waals surface area contributed by atoms with E-state index in [1.807, 2.05) is 35.2 Å². The van der Waals surface area contributed by atoms with Crippen molar-refractivity contribution in [2.45, 2.75) is 6.10 Å². The van der Waals surface area contributed by atoms with Gasteiger partial charge in [-0.25, -0.2) is 4.39 Å². The Morgan fingerprint density at radius 2 is 1.69 bits per heavy atom. The smallest absolute Gasteiger partial charge is 0.253 e. The van der Waals surface area contributed by atoms with Crippen LogP contribution in [-0.4, -0.2) is 66.2 Å². The lowest BCUT2D eigenvalue weighted by atomic mass is 10.2. The average Bonchev–Trinajstić information content (AvgIpc) is 2.68. The number of rotatable bonds is 6. The Kier molecular flexibility index (Phi) is 6.20. The lowest BCUT2D eigenvalue weighted by Gasteiger charge is -2.35. The number of aliphatic hydroxyl groups excluding tert-OH is 1. The first-order valence-electron chi connectivity index (χ1n) is 8.75. The monoisotopic (exact) mass is 358 g/mol. The minimum Gasteiger partial charge on any atom is -0.491 e. The van der Waals surface area contributed by atoms with E-state index in [2.05, 4.69) is 4.90 Å². The summed E-state index contributed by atoms with van der Waals surface area (Å²) in [5, 5.41) is 10.1. The molecule has 1 amide bonds. The Labute approximate surface area is 152 Å². The number of aliphatic hydroxyl groups is 1. The number of halogens is 1. The molecule has 1 aliphatic rings. The molecule has 0 aromatic heterocycles. The fraction of sp³-hybridized carbons (Fsp3) is 0.350. The molecule has 3 rings (SSSR count). The molecule has 138 valence electrons. The number of piperazine rings is 1. The van der Waals surface area contributed by atoms with Crippen LogP contribution in [0.3, 0.4) is 0 Å². The van der Waals surface area contributed by atoms with Gasteiger partial charge in [-0.1, -0.05) is 18.2 Å². The molecule has 0 aliphatic carbocycles. The number of carbonyl (C=O) groups is 1. The van der Waals surface area contributed by atoms with Crippen molar-refractivity contribution in [1.29, 1.82) is 0 Å². The molecule has 26 heavy (non-hydrogen) atoms. The van der Waals surface area contributed by atoms with Crippen molar-refractivity contribution in [3.05, 3.63) is 66.0 Å². The molecule has 5 nitrogen and oxygen atoms in total. The van der Waals surface area contributed by atoms with Crippen molar-refractivity contribution in [1.82, 2.24) is 9.80 Å². The van der Waals surface area contributed by atoms with Crippen LogP contribution in [0.5, 0.6) is 5.75 Å². The molecular formula is C20H23FN2O3. The van der Waals surface area contributed by atoms with Gasteiger partial charge in [0.1, 0.15) is 24.3 Å². The van der Waals surface area contributed by atoms with Crippen molar-refractivity contribution in [2.75, 3.05) is 39.3 Å². The third-order valence-corrected chi connectivity index (χ3v) is 4.41. The van der Waals surface area contributed by atoms with Gasteiger partial charge in [-0.2, -0.15) is 0 Å². The zero-order valence-electron chi connectivity index (χ0n) is 14.6. The first kappa shape index (κ1) is 18.4. The molecule has 2 aromatic rings. The molecule has 1 fully saturated rings. The first-order valence-corrected chi connectivity index (χ1v) is 8.75. The van der Waals surface area contributed by atoms with E-state index < -0.39 is 6.10 Å². The highest BCUT2D eigenvalue weighted by molar-refractivity contribution is 5.94. The largest absolute Gasteiger partial charge is 0.491 e. The van der Waals surface area contributed by atoms with Gasteiger partial charge in [-0.05, 0) is 36.4 Å². The van der Waals surface area contributed by atoms with Gasteiger partial charge in [0.15, 0.2) is 0 Å². The van der Waals surface area contributed by atoms with Crippen molar-refractivity contribution in [3.8, 4) is 5.75 Å². The van der Waals surface area contributed by atoms with Crippen LogP contribution in [0, 0.1) is 5.82 Å². The van der Waals surface area contributed by atoms with Crippen LogP contribution in [-0.2, 0) is 0 Å². The number of benzene rings is 2. The maximum Gasteiger partial charge on any atom is 0.253 e. The van der Waals surface area contributed by atoms with E-state index in [0.29, 0.717) is 44.0 Å². The molecule has 0 saturated carbocycles. The average molecular weight is 358 g/mol. The number of ether oxygens (including phenoxy) is 1. The normalized spacial score (nSPS) is 16.3. The van der Waals surface area contributed by atoms with Crippen molar-refractivity contribution in [3.63, 3.8) is 0 Å². The first-order chi connectivity index (χ1) is 12.6. The standard InChI is InChI=1S/C20H23FN2O3/c21-17-6-8-19(9-7-17)26-15-18(24)14-22-10-12-23(13-11-22)20(25)16-4-2-1-3-5-16/h1-9,18,24H,10-15H2/t18-/m1/s1. The van der Waals surface area contributed by atoms with Gasteiger partial charge in [0.25, 0.3) is 5.91 Å². The van der Waals surface area contributed by atoms with Gasteiger partial charge >= 0.3 is 0 Å². The Morgan fingerprint density at radius 1 is 1.04 bits per heavy atom. The van der Waals surface area contributed by atoms with E-state index >= 15 is 0 Å². The lowest BCUT2D eigenvalue weighted by Crippen LogP contribution is -2.50. The Balaban J connectivity index is 1.40. The molecule has 0 unspecified atom stereocenters. The molecule has 1 atom stereocenters. The highest BCUT2D eigenvalue weighted by atomic mass is 19.1. The quantitative estimate of drug-likeness (QED) is 0.859. The van der Waals surface area contributed by atoms with Crippen molar-refractivity contribution in [2.24, 2.45) is 0 Å². The molecule has 0 bridgehead atoms. The topological polar surface area (TPSA) is 53.0 Å². The maximum absolute atomic E-state index is 12.9. The summed E-state index contributed by atoms with van der Waals surface area (Å²) < 4.78 is 18.3. The molecule has 0 radical (unpaired) electrons. The van der Waals surface area contributed by atoms with Crippen LogP contribution in [0.25, 0.3) is 0 Å². The van der Waals surface area contributed by atoms with Gasteiger partial charge in [-0.3, -0.25) is 9.69 Å². The van der Waals surface area contributed by atoms with Crippen LogP contribution in [0.1, 0.15) is 10.4 Å². The zero-order valence-corrected chi connectivity index (χ0v) is 14.6. The predicted molar refractivity (Wildman–Crippen MR) is 96.7 cm³/mol. The molecule has 1 N–H and O–H groups in total. The highest BCUT2D eigenvalue weighted by Gasteiger charge is 2.23. The third-order valence-electron chi connectivity index (χ3n) is 4.41. The van der Waals surface area contributed by atoms with Gasteiger partial charge in [-0.15, -0.1) is 0 Å². The van der Waals surface area contributed by atoms with E-state index in [9.17, 15) is 14.3 Å². The fourth-order valence-electron chi connectivity index (χ4n) is 2.97. The Morgan fingerprint density at radius 3 is 2.35 bits per heavy atom. The lowest BCUT2D eigenvalue weighted by molar-refractivity contribution is 0.0403. The van der Waals surface area contributed by atoms with Crippen LogP contribution in [0.2, 0.25) is 0 Å². The van der Waals surface area contributed by atoms with Gasteiger partial charge in [0.05, 0.1) is 0 Å². The predicted octanol–water partition coefficient (Wildman–Crippen LogP) is 2.02. The zero-order chi connectivity index (χ0) is 18.4. The summed E-state index contributed by atoms with van der Waals surface area (Å²) in [6.45, 7) is 3.33. The summed E-state index contributed by atoms with van der Waals surface area (Å²) in [6, 6.07) is 15.0. The van der Waals surface area contributed by atoms with Crippen LogP contribution < -0.4 is 4.74 Å². The number of amides is 1. The third kappa shape index (κ3) is 5.03. The summed E-state index contributed by atoms with van der Waals surface area (Å²) in [7, 11) is 0. The molecule has 6 heteroatoms. The molecule has 1 heterocycles. The van der Waals surface area contributed by atoms with E-state index in [0.717, 1.165) is 0 Å². The van der Waals surface area contributed by atoms with Crippen LogP contribution >= 0.6 is 0 Å². The number of β-amino-alcohol motifs (C(OH)–C–C–N with tert-alkyl or cyclic N) is 1. The van der Waals surface area contributed by atoms with Gasteiger partial charge in [0.2, 0.25) is 0 Å². The molecule has 1 aliphatic heterocycles. The number of hydrogen-bond donors (Lipinski definition) is 1. The van der Waals surface area contributed by atoms with E-state index in [-0.39, 0.29) is 18.3 Å². The number of nitrogens with zero attached hydrogens (tertiary/aromatic N) is 2. The molecular weight excluding hydrogens is 335 g/mol. The highest BCUT2D eigenvalue weighted by Crippen LogP contribution is 2.12. The van der Waals surface area contributed by atoms with Crippen LogP contribution in [0.4, 0.5) is 4.39 Å². The summed E-state index contributed by atoms with van der Waals surface area (Å²) in [6.07, 6.45) is -0.642. The molecule has 2 aromatic carbocycles. The summed E-state index contributed by atoms with van der Waals surface area (Å²) >= 11 is 0. The summed E-state index contributed by atoms with van der Waals surface area (Å²) in [5.41, 5.74) is 0.702. The molecule has 1 saturated heterocycles. The molecule has 0 spiro atoms. The minimum atomic E-state index is -0.642. The Bertz CT molecular complexity index is 701. The minimum absolute atomic E-state index is 0.0467. The van der Waals surface area contributed by atoms with E-state index in [4.69, 9.17) is 4.74 Å². The Hall–Kier alpha value is -2.44. The number of hydrogen-bond acceptors (Lipinski definition) is 4. The van der Waals surface area contributed by atoms with Gasteiger partial charge in [0, 0.05) is 38.3 Å². The summed E-state index contributed by atoms with van der Waals surface area (Å²) in [4.78, 5) is 16.4. The number of carbonyl (C=O) groups excluding carboxylic acids is 1. The van der Waals surface area contributed by atoms with E-state index in [1.54, 1.807) is 0 Å². The van der Waals surface area contributed by atoms with Crippen molar-refractivity contribution >= 4 is 5.91 Å². The van der Waals surface area contributed by atoms with Crippen LogP contribution in [0.15, 0.2) is 54.6 Å². The SMILES string of the molecule is O=C(c1ccccc1)N1CCN(C[C@@H](O)COc2ccc(F)cc2)CC1. The van der Waals surface area contributed by atoms with E-state index in [1.165, 1.54) is 24.3 Å². The second kappa shape index (κ2) is 8.78.